The van der Waals surface area contributed by atoms with Gasteiger partial charge in [-0.15, -0.1) is 0 Å². The normalized spacial score (nSPS) is 13.4. The van der Waals surface area contributed by atoms with Crippen molar-refractivity contribution in [3.63, 3.8) is 0 Å². The molecule has 0 spiro atoms. The maximum absolute atomic E-state index is 3.64. The summed E-state index contributed by atoms with van der Waals surface area (Å²) in [6.45, 7) is 6.36. The molecule has 0 saturated heterocycles. The van der Waals surface area contributed by atoms with Gasteiger partial charge in [-0.25, -0.2) is 0 Å². The molecule has 2 heterocycles. The molecule has 2 aliphatic rings. The third kappa shape index (κ3) is 5.59. The molecule has 0 unspecified atom stereocenters. The summed E-state index contributed by atoms with van der Waals surface area (Å²) in [5.74, 6) is 0. The van der Waals surface area contributed by atoms with Crippen LogP contribution in [0.15, 0.2) is 97.1 Å². The van der Waals surface area contributed by atoms with E-state index in [2.05, 4.69) is 139 Å². The molecule has 0 saturated carbocycles. The second-order valence-electron chi connectivity index (χ2n) is 11.0. The minimum atomic E-state index is 1.00. The largest absolute Gasteiger partial charge is 0.338 e. The van der Waals surface area contributed by atoms with Gasteiger partial charge >= 0.3 is 0 Å². The van der Waals surface area contributed by atoms with E-state index in [-0.39, 0.29) is 0 Å². The van der Waals surface area contributed by atoms with Crippen molar-refractivity contribution in [3.8, 4) is 0 Å². The zero-order valence-corrected chi connectivity index (χ0v) is 25.8. The van der Waals surface area contributed by atoms with Gasteiger partial charge in [-0.3, -0.25) is 0 Å². The molecular formula is C35H40BBrN4. The van der Waals surface area contributed by atoms with Crippen LogP contribution in [0.4, 0.5) is 45.5 Å². The van der Waals surface area contributed by atoms with E-state index in [9.17, 15) is 0 Å². The van der Waals surface area contributed by atoms with E-state index in [1.54, 1.807) is 0 Å². The number of halogens is 1. The maximum atomic E-state index is 3.64. The molecule has 0 aromatic heterocycles. The van der Waals surface area contributed by atoms with E-state index >= 15 is 0 Å². The molecule has 0 bridgehead atoms. The molecule has 6 rings (SSSR count). The number of unbranched alkanes of at least 4 members (excludes halogenated alkanes) is 1. The van der Waals surface area contributed by atoms with Crippen LogP contribution in [-0.4, -0.2) is 38.8 Å². The minimum Gasteiger partial charge on any atom is -0.338 e. The minimum absolute atomic E-state index is 1.00. The Balaban J connectivity index is 1.21. The van der Waals surface area contributed by atoms with Crippen LogP contribution in [-0.2, 0) is 0 Å². The Bertz CT molecular complexity index is 1360. The molecule has 0 N–H and O–H groups in total. The van der Waals surface area contributed by atoms with Crippen LogP contribution < -0.4 is 19.6 Å². The molecule has 0 aliphatic carbocycles. The molecule has 6 heteroatoms. The molecule has 4 nitrogen and oxygen atoms in total. The molecule has 2 aliphatic heterocycles. The van der Waals surface area contributed by atoms with Crippen LogP contribution in [0.5, 0.6) is 0 Å². The van der Waals surface area contributed by atoms with Crippen LogP contribution in [0.1, 0.15) is 25.7 Å². The van der Waals surface area contributed by atoms with Crippen molar-refractivity contribution >= 4 is 68.7 Å². The van der Waals surface area contributed by atoms with Gasteiger partial charge in [-0.2, -0.15) is 0 Å². The first kappa shape index (κ1) is 27.8. The van der Waals surface area contributed by atoms with E-state index in [0.717, 1.165) is 50.8 Å². The highest BCUT2D eigenvalue weighted by atomic mass is 79.9. The summed E-state index contributed by atoms with van der Waals surface area (Å²) in [7, 11) is 1.24. The monoisotopic (exact) mass is 606 g/mol. The summed E-state index contributed by atoms with van der Waals surface area (Å²) in [6.07, 6.45) is 5.82. The maximum Gasteiger partial charge on any atom is 0.117 e. The summed E-state index contributed by atoms with van der Waals surface area (Å²) in [4.78, 5) is 10.1. The van der Waals surface area contributed by atoms with Gasteiger partial charge < -0.3 is 19.6 Å². The fourth-order valence-corrected chi connectivity index (χ4v) is 6.69. The van der Waals surface area contributed by atoms with Gasteiger partial charge in [0.25, 0.3) is 0 Å². The highest BCUT2D eigenvalue weighted by Gasteiger charge is 2.29. The lowest BCUT2D eigenvalue weighted by atomic mass is 9.77. The number of fused-ring (bicyclic) bond motifs is 4. The number of hydrogen-bond acceptors (Lipinski definition) is 4. The number of anilines is 8. The first-order valence-corrected chi connectivity index (χ1v) is 16.5. The molecule has 41 heavy (non-hydrogen) atoms. The molecule has 4 aromatic rings. The van der Waals surface area contributed by atoms with Crippen LogP contribution in [0.25, 0.3) is 0 Å². The van der Waals surface area contributed by atoms with E-state index in [4.69, 9.17) is 0 Å². The van der Waals surface area contributed by atoms with Gasteiger partial charge in [0.2, 0.25) is 0 Å². The summed E-state index contributed by atoms with van der Waals surface area (Å²) in [5, 5.41) is 1.01. The van der Waals surface area contributed by atoms with Gasteiger partial charge in [-0.05, 0) is 74.2 Å². The molecule has 0 amide bonds. The lowest BCUT2D eigenvalue weighted by Crippen LogP contribution is -2.32. The topological polar surface area (TPSA) is 13.0 Å². The highest BCUT2D eigenvalue weighted by Crippen LogP contribution is 2.49. The zero-order chi connectivity index (χ0) is 28.0. The van der Waals surface area contributed by atoms with Crippen molar-refractivity contribution in [1.29, 1.82) is 0 Å². The Kier molecular flexibility index (Phi) is 8.86. The van der Waals surface area contributed by atoms with Crippen molar-refractivity contribution in [2.24, 2.45) is 0 Å². The molecule has 4 aromatic carbocycles. The molecule has 0 atom stereocenters. The lowest BCUT2D eigenvalue weighted by molar-refractivity contribution is 0.722. The van der Waals surface area contributed by atoms with Crippen molar-refractivity contribution in [1.82, 2.24) is 0 Å². The Labute approximate surface area is 254 Å². The first-order chi connectivity index (χ1) is 20.3. The number of para-hydroxylation sites is 8. The number of nitrogens with zero attached hydrogens (tertiary/aromatic N) is 4. The lowest BCUT2D eigenvalue weighted by Gasteiger charge is -2.41. The van der Waals surface area contributed by atoms with Crippen LogP contribution in [0, 0.1) is 0 Å². The van der Waals surface area contributed by atoms with Gasteiger partial charge in [-0.1, -0.05) is 77.6 Å². The molecule has 0 fully saturated rings. The zero-order valence-electron chi connectivity index (χ0n) is 24.2. The number of rotatable bonds is 12. The predicted octanol–water partition coefficient (Wildman–Crippen LogP) is 9.42. The SMILES string of the molecule is CBCCCN1c2ccccc2N(CCCCN2c3ccccc3N(CCCBr)c3ccccc32)c2ccccc21. The van der Waals surface area contributed by atoms with E-state index in [0.29, 0.717) is 0 Å². The molecule has 0 radical (unpaired) electrons. The van der Waals surface area contributed by atoms with Gasteiger partial charge in [0, 0.05) is 31.5 Å². The first-order valence-electron chi connectivity index (χ1n) is 15.3. The fourth-order valence-electron chi connectivity index (χ4n) is 6.44. The third-order valence-corrected chi connectivity index (χ3v) is 8.93. The van der Waals surface area contributed by atoms with Crippen molar-refractivity contribution in [3.05, 3.63) is 97.1 Å². The second-order valence-corrected chi connectivity index (χ2v) is 11.8. The quantitative estimate of drug-likeness (QED) is 0.0904. The summed E-state index contributed by atoms with van der Waals surface area (Å²) in [6, 6.07) is 35.8. The van der Waals surface area contributed by atoms with Crippen LogP contribution in [0.2, 0.25) is 13.1 Å². The molecular weight excluding hydrogens is 567 g/mol. The third-order valence-electron chi connectivity index (χ3n) is 8.37. The van der Waals surface area contributed by atoms with Crippen molar-refractivity contribution in [2.75, 3.05) is 51.1 Å². The van der Waals surface area contributed by atoms with Crippen molar-refractivity contribution in [2.45, 2.75) is 38.8 Å². The fraction of sp³-hybridized carbons (Fsp3) is 0.314. The Morgan fingerprint density at radius 1 is 0.439 bits per heavy atom. The summed E-state index contributed by atoms with van der Waals surface area (Å²) >= 11 is 3.64. The number of alkyl halides is 1. The highest BCUT2D eigenvalue weighted by molar-refractivity contribution is 9.09. The summed E-state index contributed by atoms with van der Waals surface area (Å²) < 4.78 is 0. The van der Waals surface area contributed by atoms with E-state index in [1.807, 2.05) is 0 Å². The Morgan fingerprint density at radius 2 is 0.707 bits per heavy atom. The molecule has 210 valence electrons. The van der Waals surface area contributed by atoms with Gasteiger partial charge in [0.05, 0.1) is 45.5 Å². The predicted molar refractivity (Wildman–Crippen MR) is 184 cm³/mol. The average Bonchev–Trinajstić information content (AvgIpc) is 3.03. The smallest absolute Gasteiger partial charge is 0.117 e. The number of hydrogen-bond donors (Lipinski definition) is 0. The second kappa shape index (κ2) is 13.1. The van der Waals surface area contributed by atoms with E-state index < -0.39 is 0 Å². The Morgan fingerprint density at radius 3 is 0.976 bits per heavy atom. The average molecular weight is 607 g/mol. The number of benzene rings is 4. The standard InChI is InChI=1S/C35H40BBrN4/c1-36-22-12-26-40-32-18-6-2-14-28(32)38(29-15-3-7-19-33(29)40)24-10-11-25-39-30-16-4-8-20-34(30)41(27-13-23-37)35-21-9-5-17-31(35)39/h2-9,14-21,36H,10-13,22-27H2,1H3. The summed E-state index contributed by atoms with van der Waals surface area (Å²) in [5.41, 5.74) is 10.6. The van der Waals surface area contributed by atoms with Crippen LogP contribution in [0.3, 0.4) is 0 Å². The Hall–Kier alpha value is -3.38. The van der Waals surface area contributed by atoms with E-state index in [1.165, 1.54) is 65.5 Å². The van der Waals surface area contributed by atoms with Crippen LogP contribution >= 0.6 is 15.9 Å². The van der Waals surface area contributed by atoms with Gasteiger partial charge in [0.1, 0.15) is 7.28 Å². The van der Waals surface area contributed by atoms with Gasteiger partial charge in [0.15, 0.2) is 0 Å². The van der Waals surface area contributed by atoms with Crippen molar-refractivity contribution < 1.29 is 0 Å².